The van der Waals surface area contributed by atoms with Gasteiger partial charge in [0.15, 0.2) is 0 Å². The number of aliphatic hydroxyl groups is 1. The molecule has 0 aliphatic rings. The molecule has 0 spiro atoms. The molecule has 0 aromatic carbocycles. The van der Waals surface area contributed by atoms with Crippen molar-refractivity contribution in [3.05, 3.63) is 0 Å². The van der Waals surface area contributed by atoms with E-state index in [0.717, 1.165) is 31.1 Å². The number of carbonyl (C=O) groups excluding carboxylic acids is 1. The summed E-state index contributed by atoms with van der Waals surface area (Å²) in [5.74, 6) is 3.80. The lowest BCUT2D eigenvalue weighted by molar-refractivity contribution is -0.124. The minimum atomic E-state index is -0.140. The summed E-state index contributed by atoms with van der Waals surface area (Å²) in [5.41, 5.74) is 0. The summed E-state index contributed by atoms with van der Waals surface area (Å²) in [4.78, 5) is 11.6. The molecular weight excluding hydrogens is 320 g/mol. The van der Waals surface area contributed by atoms with Crippen molar-refractivity contribution in [2.75, 3.05) is 0 Å². The first-order valence-electron chi connectivity index (χ1n) is 11.0. The lowest BCUT2D eigenvalue weighted by atomic mass is 9.86. The maximum absolute atomic E-state index is 11.6. The topological polar surface area (TPSA) is 37.3 Å². The van der Waals surface area contributed by atoms with Gasteiger partial charge in [-0.05, 0) is 49.4 Å². The molecule has 0 aromatic heterocycles. The molecule has 1 N–H and O–H groups in total. The normalized spacial score (nSPS) is 14.5. The average Bonchev–Trinajstić information content (AvgIpc) is 2.43. The van der Waals surface area contributed by atoms with Gasteiger partial charge in [0.1, 0.15) is 5.78 Å². The minimum Gasteiger partial charge on any atom is -0.393 e. The highest BCUT2D eigenvalue weighted by Gasteiger charge is 2.20. The molecule has 160 valence electrons. The van der Waals surface area contributed by atoms with Crippen LogP contribution in [0.25, 0.3) is 0 Å². The average molecular weight is 373 g/mol. The first kappa shape index (κ1) is 30.4. The molecule has 0 aromatic rings. The summed E-state index contributed by atoms with van der Waals surface area (Å²) in [5, 5.41) is 9.13. The zero-order valence-corrected chi connectivity index (χ0v) is 20.2. The lowest BCUT2D eigenvalue weighted by Gasteiger charge is -2.18. The summed E-state index contributed by atoms with van der Waals surface area (Å²) < 4.78 is 0. The Balaban J connectivity index is -0.000000341. The number of carbonyl (C=O) groups is 1. The third-order valence-electron chi connectivity index (χ3n) is 4.29. The van der Waals surface area contributed by atoms with Gasteiger partial charge in [-0.1, -0.05) is 82.6 Å². The van der Waals surface area contributed by atoms with E-state index in [4.69, 9.17) is 5.11 Å². The molecule has 0 fully saturated rings. The zero-order valence-electron chi connectivity index (χ0n) is 20.2. The Kier molecular flexibility index (Phi) is 21.0. The van der Waals surface area contributed by atoms with E-state index in [9.17, 15) is 4.79 Å². The van der Waals surface area contributed by atoms with Crippen LogP contribution in [0, 0.1) is 35.5 Å². The van der Waals surface area contributed by atoms with Gasteiger partial charge in [-0.15, -0.1) is 0 Å². The van der Waals surface area contributed by atoms with Crippen molar-refractivity contribution in [2.24, 2.45) is 35.5 Å². The van der Waals surface area contributed by atoms with Crippen molar-refractivity contribution in [1.29, 1.82) is 0 Å². The van der Waals surface area contributed by atoms with Crippen LogP contribution in [-0.4, -0.2) is 17.0 Å². The molecule has 0 radical (unpaired) electrons. The van der Waals surface area contributed by atoms with Crippen LogP contribution < -0.4 is 0 Å². The second-order valence-corrected chi connectivity index (χ2v) is 9.74. The monoisotopic (exact) mass is 372 g/mol. The van der Waals surface area contributed by atoms with Crippen molar-refractivity contribution in [1.82, 2.24) is 0 Å². The van der Waals surface area contributed by atoms with Gasteiger partial charge in [0.25, 0.3) is 0 Å². The molecule has 0 heterocycles. The largest absolute Gasteiger partial charge is 0.393 e. The van der Waals surface area contributed by atoms with Gasteiger partial charge in [-0.2, -0.15) is 0 Å². The van der Waals surface area contributed by atoms with Crippen molar-refractivity contribution >= 4 is 5.78 Å². The van der Waals surface area contributed by atoms with Crippen molar-refractivity contribution in [2.45, 2.75) is 115 Å². The van der Waals surface area contributed by atoms with Gasteiger partial charge < -0.3 is 5.11 Å². The van der Waals surface area contributed by atoms with Crippen molar-refractivity contribution < 1.29 is 9.90 Å². The highest BCUT2D eigenvalue weighted by Crippen LogP contribution is 2.19. The van der Waals surface area contributed by atoms with Gasteiger partial charge in [0.05, 0.1) is 6.10 Å². The molecule has 0 bridgehead atoms. The van der Waals surface area contributed by atoms with Crippen LogP contribution in [0.5, 0.6) is 0 Å². The highest BCUT2D eigenvalue weighted by molar-refractivity contribution is 5.81. The van der Waals surface area contributed by atoms with Crippen molar-refractivity contribution in [3.8, 4) is 0 Å². The fourth-order valence-corrected chi connectivity index (χ4v) is 2.46. The van der Waals surface area contributed by atoms with Crippen molar-refractivity contribution in [3.63, 3.8) is 0 Å². The first-order chi connectivity index (χ1) is 11.8. The molecule has 0 aliphatic heterocycles. The summed E-state index contributed by atoms with van der Waals surface area (Å²) in [6, 6.07) is 0. The smallest absolute Gasteiger partial charge is 0.136 e. The Labute approximate surface area is 166 Å². The van der Waals surface area contributed by atoms with E-state index in [1.807, 2.05) is 6.92 Å². The van der Waals surface area contributed by atoms with Crippen LogP contribution >= 0.6 is 0 Å². The number of rotatable bonds is 9. The second kappa shape index (κ2) is 18.0. The molecule has 0 rings (SSSR count). The maximum atomic E-state index is 11.6. The Morgan fingerprint density at radius 2 is 1.19 bits per heavy atom. The zero-order chi connectivity index (χ0) is 21.4. The second-order valence-electron chi connectivity index (χ2n) is 9.74. The predicted molar refractivity (Wildman–Crippen MR) is 119 cm³/mol. The molecule has 0 amide bonds. The van der Waals surface area contributed by atoms with Gasteiger partial charge in [-0.3, -0.25) is 4.79 Å². The van der Waals surface area contributed by atoms with Crippen LogP contribution in [0.4, 0.5) is 0 Å². The summed E-state index contributed by atoms with van der Waals surface area (Å²) >= 11 is 0. The van der Waals surface area contributed by atoms with E-state index in [1.165, 1.54) is 6.42 Å². The van der Waals surface area contributed by atoms with E-state index >= 15 is 0 Å². The summed E-state index contributed by atoms with van der Waals surface area (Å²) in [6.45, 7) is 25.5. The van der Waals surface area contributed by atoms with E-state index in [-0.39, 0.29) is 12.0 Å². The molecule has 26 heavy (non-hydrogen) atoms. The predicted octanol–water partition coefficient (Wildman–Crippen LogP) is 7.39. The number of Topliss-reactive ketones (excluding diaryl/α,β-unsaturated/α-hetero) is 1. The fourth-order valence-electron chi connectivity index (χ4n) is 2.46. The van der Waals surface area contributed by atoms with Gasteiger partial charge in [0, 0.05) is 12.3 Å². The molecule has 0 saturated heterocycles. The standard InChI is InChI=1S/C11H22O.C9H20O.C4H10/c1-6-10(9(4)5)11(12)7-8(2)3;1-7(2)5-6-8(3)9(4)10;1-4(2)3/h8-10H,6-7H2,1-5H3;7-10H,5-6H2,1-4H3;4H,1-3H3. The van der Waals surface area contributed by atoms with E-state index in [1.54, 1.807) is 0 Å². The van der Waals surface area contributed by atoms with Crippen LogP contribution in [0.2, 0.25) is 0 Å². The Hall–Kier alpha value is -0.370. The number of hydrogen-bond donors (Lipinski definition) is 1. The molecule has 2 nitrogen and oxygen atoms in total. The Bertz CT molecular complexity index is 301. The minimum absolute atomic E-state index is 0.140. The van der Waals surface area contributed by atoms with E-state index < -0.39 is 0 Å². The molecule has 3 atom stereocenters. The Morgan fingerprint density at radius 3 is 1.42 bits per heavy atom. The molecule has 0 aliphatic carbocycles. The Morgan fingerprint density at radius 1 is 0.769 bits per heavy atom. The van der Waals surface area contributed by atoms with Gasteiger partial charge in [-0.25, -0.2) is 0 Å². The van der Waals surface area contributed by atoms with Crippen LogP contribution in [-0.2, 0) is 4.79 Å². The highest BCUT2D eigenvalue weighted by atomic mass is 16.3. The van der Waals surface area contributed by atoms with Crippen LogP contribution in [0.3, 0.4) is 0 Å². The molecule has 3 unspecified atom stereocenters. The molecular formula is C24H52O2. The fraction of sp³-hybridized carbons (Fsp3) is 0.958. The SMILES string of the molecule is CC(C)C.CC(C)CCC(C)C(C)O.CCC(C(=O)CC(C)C)C(C)C. The lowest BCUT2D eigenvalue weighted by Crippen LogP contribution is -2.20. The number of aliphatic hydroxyl groups excluding tert-OH is 1. The maximum Gasteiger partial charge on any atom is 0.136 e. The van der Waals surface area contributed by atoms with Gasteiger partial charge >= 0.3 is 0 Å². The van der Waals surface area contributed by atoms with E-state index in [2.05, 4.69) is 76.2 Å². The van der Waals surface area contributed by atoms with E-state index in [0.29, 0.717) is 23.5 Å². The van der Waals surface area contributed by atoms with Gasteiger partial charge in [0.2, 0.25) is 0 Å². The van der Waals surface area contributed by atoms with Crippen LogP contribution in [0.15, 0.2) is 0 Å². The number of hydrogen-bond acceptors (Lipinski definition) is 2. The molecule has 0 saturated carbocycles. The quantitative estimate of drug-likeness (QED) is 0.458. The number of ketones is 1. The third kappa shape index (κ3) is 23.6. The third-order valence-corrected chi connectivity index (χ3v) is 4.29. The molecule has 2 heteroatoms. The van der Waals surface area contributed by atoms with Crippen LogP contribution in [0.1, 0.15) is 109 Å². The summed E-state index contributed by atoms with van der Waals surface area (Å²) in [6.07, 6.45) is 3.97. The summed E-state index contributed by atoms with van der Waals surface area (Å²) in [7, 11) is 0. The first-order valence-corrected chi connectivity index (χ1v) is 11.0.